The maximum Gasteiger partial charge on any atom is 0.437 e. The number of hydrogen-bond acceptors (Lipinski definition) is 10. The van der Waals surface area contributed by atoms with E-state index in [-0.39, 0.29) is 61.8 Å². The Bertz CT molecular complexity index is 2230. The molecule has 8 rings (SSSR count). The molecule has 14 nitrogen and oxygen atoms in total. The van der Waals surface area contributed by atoms with Gasteiger partial charge in [0.05, 0.1) is 30.5 Å². The molecule has 1 saturated heterocycles. The van der Waals surface area contributed by atoms with Gasteiger partial charge >= 0.3 is 12.3 Å². The van der Waals surface area contributed by atoms with Gasteiger partial charge in [-0.3, -0.25) is 19.1 Å². The highest BCUT2D eigenvalue weighted by Crippen LogP contribution is 2.51. The molecule has 5 atom stereocenters. The number of carbonyl (C=O) groups is 4. The number of ether oxygens (including phenoxy) is 3. The quantitative estimate of drug-likeness (QED) is 0.313. The van der Waals surface area contributed by atoms with Crippen LogP contribution in [0.3, 0.4) is 0 Å². The zero-order valence-corrected chi connectivity index (χ0v) is 34.2. The molecular weight excluding hydrogens is 796 g/mol. The molecule has 1 spiro atoms. The Labute approximate surface area is 340 Å². The van der Waals surface area contributed by atoms with E-state index in [1.165, 1.54) is 31.1 Å². The number of halogens is 3. The lowest BCUT2D eigenvalue weighted by Crippen LogP contribution is -2.58. The van der Waals surface area contributed by atoms with Crippen LogP contribution in [-0.2, 0) is 41.7 Å². The lowest BCUT2D eigenvalue weighted by atomic mass is 9.87. The lowest BCUT2D eigenvalue weighted by molar-refractivity contribution is -0.144. The van der Waals surface area contributed by atoms with E-state index in [9.17, 15) is 40.8 Å². The molecule has 59 heavy (non-hydrogen) atoms. The van der Waals surface area contributed by atoms with Crippen molar-refractivity contribution in [2.24, 2.45) is 11.3 Å². The van der Waals surface area contributed by atoms with Crippen LogP contribution in [0.25, 0.3) is 10.9 Å². The number of sulfonamides is 1. The Morgan fingerprint density at radius 1 is 1.07 bits per heavy atom. The highest BCUT2D eigenvalue weighted by atomic mass is 32.2. The number of amides is 4. The molecule has 2 aromatic rings. The van der Waals surface area contributed by atoms with Gasteiger partial charge in [0, 0.05) is 28.7 Å². The van der Waals surface area contributed by atoms with Gasteiger partial charge in [0.2, 0.25) is 21.8 Å². The first kappa shape index (κ1) is 41.1. The number of benzene rings is 1. The van der Waals surface area contributed by atoms with E-state index in [0.717, 1.165) is 12.8 Å². The van der Waals surface area contributed by atoms with E-state index in [2.05, 4.69) is 20.3 Å². The molecule has 3 aliphatic heterocycles. The number of methoxy groups -OCH3 is 1. The summed E-state index contributed by atoms with van der Waals surface area (Å²) in [6.07, 6.45) is 3.21. The molecule has 1 aromatic heterocycles. The molecule has 320 valence electrons. The van der Waals surface area contributed by atoms with Gasteiger partial charge in [-0.1, -0.05) is 31.9 Å². The summed E-state index contributed by atoms with van der Waals surface area (Å²) in [6.45, 7) is 3.36. The van der Waals surface area contributed by atoms with Crippen molar-refractivity contribution < 1.29 is 55.0 Å². The van der Waals surface area contributed by atoms with E-state index in [1.807, 2.05) is 13.0 Å². The normalized spacial score (nSPS) is 30.3. The molecule has 3 N–H and O–H groups in total. The number of carbonyl (C=O) groups excluding carboxylic acids is 4. The molecule has 4 heterocycles. The number of fused-ring (bicyclic) bond motifs is 5. The molecule has 4 amide bonds. The Kier molecular flexibility index (Phi) is 10.1. The number of aryl methyl sites for hydroxylation is 1. The number of alkyl halides is 3. The van der Waals surface area contributed by atoms with E-state index in [1.54, 1.807) is 12.1 Å². The molecule has 1 aromatic carbocycles. The van der Waals surface area contributed by atoms with Crippen LogP contribution in [0.1, 0.15) is 102 Å². The topological polar surface area (TPSA) is 182 Å². The van der Waals surface area contributed by atoms with Crippen molar-refractivity contribution in [3.05, 3.63) is 41.6 Å². The van der Waals surface area contributed by atoms with E-state index >= 15 is 0 Å². The monoisotopic (exact) mass is 845 g/mol. The molecule has 0 bridgehead atoms. The number of nitrogens with zero attached hydrogens (tertiary/aromatic N) is 2. The second kappa shape index (κ2) is 14.5. The van der Waals surface area contributed by atoms with Crippen molar-refractivity contribution in [1.29, 1.82) is 0 Å². The smallest absolute Gasteiger partial charge is 0.437 e. The van der Waals surface area contributed by atoms with Crippen LogP contribution >= 0.6 is 0 Å². The minimum Gasteiger partial charge on any atom is -0.497 e. The number of pyridine rings is 1. The van der Waals surface area contributed by atoms with Crippen molar-refractivity contribution in [2.75, 3.05) is 20.3 Å². The second-order valence-electron chi connectivity index (χ2n) is 17.9. The fourth-order valence-corrected chi connectivity index (χ4v) is 9.92. The van der Waals surface area contributed by atoms with Crippen LogP contribution in [-0.4, -0.2) is 90.3 Å². The SMILES string of the molecule is COc1ccc2nc(C(F)(F)F)c3c(c2c1)CC[C@]1(C[C@H]2C(=O)N[C@]4(C(=O)NS(=O)(=O)C5(C)CC5)C[C@H]4/C=C\CCCCC[C@H](NC(=O)OCC4(C)CC4)C(=O)N2C1)O3. The van der Waals surface area contributed by atoms with Gasteiger partial charge < -0.3 is 29.7 Å². The first-order chi connectivity index (χ1) is 27.8. The van der Waals surface area contributed by atoms with E-state index < -0.39 is 85.3 Å². The van der Waals surface area contributed by atoms with Crippen LogP contribution < -0.4 is 24.8 Å². The number of allylic oxidation sites excluding steroid dienone is 1. The van der Waals surface area contributed by atoms with Gasteiger partial charge in [-0.15, -0.1) is 0 Å². The summed E-state index contributed by atoms with van der Waals surface area (Å²) in [5, 5.41) is 5.91. The Hall–Kier alpha value is -4.61. The van der Waals surface area contributed by atoms with Gasteiger partial charge in [-0.2, -0.15) is 13.2 Å². The summed E-state index contributed by atoms with van der Waals surface area (Å²) in [6, 6.07) is 2.01. The van der Waals surface area contributed by atoms with Gasteiger partial charge in [0.25, 0.3) is 5.91 Å². The summed E-state index contributed by atoms with van der Waals surface area (Å²) in [4.78, 5) is 61.7. The van der Waals surface area contributed by atoms with Gasteiger partial charge in [-0.25, -0.2) is 18.2 Å². The van der Waals surface area contributed by atoms with Gasteiger partial charge in [0.15, 0.2) is 11.4 Å². The fraction of sp³-hybridized carbons (Fsp3) is 0.634. The summed E-state index contributed by atoms with van der Waals surface area (Å²) < 4.78 is 89.0. The fourth-order valence-electron chi connectivity index (χ4n) is 8.61. The zero-order chi connectivity index (χ0) is 42.2. The van der Waals surface area contributed by atoms with E-state index in [0.29, 0.717) is 49.7 Å². The maximum absolute atomic E-state index is 14.8. The van der Waals surface area contributed by atoms with Crippen LogP contribution in [0.4, 0.5) is 18.0 Å². The van der Waals surface area contributed by atoms with Crippen LogP contribution in [0.5, 0.6) is 11.5 Å². The Morgan fingerprint density at radius 3 is 2.53 bits per heavy atom. The van der Waals surface area contributed by atoms with E-state index in [4.69, 9.17) is 14.2 Å². The average molecular weight is 846 g/mol. The van der Waals surface area contributed by atoms with Gasteiger partial charge in [0.1, 0.15) is 29.0 Å². The van der Waals surface area contributed by atoms with Crippen LogP contribution in [0.15, 0.2) is 30.4 Å². The first-order valence-corrected chi connectivity index (χ1v) is 21.8. The number of rotatable bonds is 7. The van der Waals surface area contributed by atoms with Crippen LogP contribution in [0, 0.1) is 11.3 Å². The van der Waals surface area contributed by atoms with Crippen molar-refractivity contribution in [3.8, 4) is 11.5 Å². The minimum absolute atomic E-state index is 0.0730. The standard InChI is InChI=1S/C41H50F3N5O9S/c1-37(15-16-37)23-57-36(53)46-29-10-8-6-4-5-7-9-24-20-40(24,35(52)48-59(54,55)38(2)17-18-38)47-33(50)30-21-39(22-49(30)34(29)51)14-13-26-27-19-25(56-3)11-12-28(27)45-32(31(26)58-39)41(42,43)44/h7,9,11-12,19,24,29-30H,4-6,8,10,13-18,20-23H2,1-3H3,(H,46,53)(H,47,50)(H,48,52)/b9-7-/t24-,29+,30+,39-,40-/m1/s1. The van der Waals surface area contributed by atoms with Crippen molar-refractivity contribution >= 4 is 44.7 Å². The van der Waals surface area contributed by atoms with Crippen molar-refractivity contribution in [2.45, 2.75) is 131 Å². The number of alkyl carbamates (subject to hydrolysis) is 1. The first-order valence-electron chi connectivity index (χ1n) is 20.4. The molecule has 0 unspecified atom stereocenters. The second-order valence-corrected chi connectivity index (χ2v) is 20.1. The van der Waals surface area contributed by atoms with Crippen molar-refractivity contribution in [1.82, 2.24) is 25.2 Å². The molecule has 18 heteroatoms. The maximum atomic E-state index is 14.8. The summed E-state index contributed by atoms with van der Waals surface area (Å²) in [7, 11) is -2.65. The number of aromatic nitrogens is 1. The summed E-state index contributed by atoms with van der Waals surface area (Å²) in [5.74, 6) is -3.02. The predicted molar refractivity (Wildman–Crippen MR) is 207 cm³/mol. The third-order valence-corrected chi connectivity index (χ3v) is 15.4. The third-order valence-electron chi connectivity index (χ3n) is 13.2. The molecular formula is C41H50F3N5O9S. The van der Waals surface area contributed by atoms with Gasteiger partial charge in [-0.05, 0) is 89.3 Å². The lowest BCUT2D eigenvalue weighted by Gasteiger charge is -2.37. The summed E-state index contributed by atoms with van der Waals surface area (Å²) in [5.41, 5.74) is -4.21. The number of nitrogens with one attached hydrogen (secondary N) is 3. The Balaban J connectivity index is 1.15. The molecule has 4 fully saturated rings. The molecule has 6 aliphatic rings. The minimum atomic E-state index is -4.92. The highest BCUT2D eigenvalue weighted by Gasteiger charge is 2.64. The largest absolute Gasteiger partial charge is 0.497 e. The molecule has 0 radical (unpaired) electrons. The Morgan fingerprint density at radius 2 is 1.83 bits per heavy atom. The highest BCUT2D eigenvalue weighted by molar-refractivity contribution is 7.91. The number of hydrogen-bond donors (Lipinski definition) is 3. The predicted octanol–water partition coefficient (Wildman–Crippen LogP) is 5.22. The molecule has 3 saturated carbocycles. The summed E-state index contributed by atoms with van der Waals surface area (Å²) >= 11 is 0. The third kappa shape index (κ3) is 7.92. The molecule has 3 aliphatic carbocycles. The van der Waals surface area contributed by atoms with Crippen molar-refractivity contribution in [3.63, 3.8) is 0 Å². The van der Waals surface area contributed by atoms with Crippen LogP contribution in [0.2, 0.25) is 0 Å². The zero-order valence-electron chi connectivity index (χ0n) is 33.3. The average Bonchev–Trinajstić information content (AvgIpc) is 4.15.